The second kappa shape index (κ2) is 7.91. The standard InChI is InChI=1S/C23H23N3O3/c1-2-3-14-23(18-12-8-5-9-13-18)21(27)26(22(28)24-23)16-19-15-20(29-25-19)17-10-6-4-7-11-17/h4-13,15H,2-3,14,16H2,1H3,(H,24,28). The molecule has 1 unspecified atom stereocenters. The zero-order valence-corrected chi connectivity index (χ0v) is 16.3. The first-order valence-electron chi connectivity index (χ1n) is 9.84. The van der Waals surface area contributed by atoms with Crippen LogP contribution < -0.4 is 5.32 Å². The largest absolute Gasteiger partial charge is 0.356 e. The van der Waals surface area contributed by atoms with E-state index in [0.717, 1.165) is 24.0 Å². The Bertz CT molecular complexity index is 1000. The quantitative estimate of drug-likeness (QED) is 0.605. The summed E-state index contributed by atoms with van der Waals surface area (Å²) >= 11 is 0. The smallest absolute Gasteiger partial charge is 0.325 e. The first-order valence-corrected chi connectivity index (χ1v) is 9.84. The molecule has 1 aromatic heterocycles. The number of carbonyl (C=O) groups is 2. The predicted molar refractivity (Wildman–Crippen MR) is 109 cm³/mol. The number of aromatic nitrogens is 1. The van der Waals surface area contributed by atoms with Gasteiger partial charge in [0.2, 0.25) is 0 Å². The summed E-state index contributed by atoms with van der Waals surface area (Å²) in [7, 11) is 0. The Balaban J connectivity index is 1.60. The predicted octanol–water partition coefficient (Wildman–Crippen LogP) is 4.48. The highest BCUT2D eigenvalue weighted by Gasteiger charge is 2.51. The summed E-state index contributed by atoms with van der Waals surface area (Å²) in [4.78, 5) is 27.4. The van der Waals surface area contributed by atoms with Gasteiger partial charge in [-0.25, -0.2) is 4.79 Å². The van der Waals surface area contributed by atoms with Gasteiger partial charge in [-0.2, -0.15) is 0 Å². The lowest BCUT2D eigenvalue weighted by atomic mass is 9.85. The Morgan fingerprint density at radius 3 is 2.41 bits per heavy atom. The molecule has 2 heterocycles. The van der Waals surface area contributed by atoms with Crippen LogP contribution in [0, 0.1) is 0 Å². The number of amides is 3. The van der Waals surface area contributed by atoms with Crippen LogP contribution in [0.2, 0.25) is 0 Å². The summed E-state index contributed by atoms with van der Waals surface area (Å²) in [6.45, 7) is 2.14. The number of nitrogens with zero attached hydrogens (tertiary/aromatic N) is 2. The van der Waals surface area contributed by atoms with Gasteiger partial charge in [0.25, 0.3) is 5.91 Å². The van der Waals surface area contributed by atoms with Crippen LogP contribution in [-0.4, -0.2) is 22.0 Å². The summed E-state index contributed by atoms with van der Waals surface area (Å²) in [5.74, 6) is 0.361. The zero-order chi connectivity index (χ0) is 20.3. The van der Waals surface area contributed by atoms with E-state index in [2.05, 4.69) is 17.4 Å². The lowest BCUT2D eigenvalue weighted by Crippen LogP contribution is -2.44. The summed E-state index contributed by atoms with van der Waals surface area (Å²) in [6, 6.07) is 20.4. The van der Waals surface area contributed by atoms with Crippen LogP contribution in [0.3, 0.4) is 0 Å². The first kappa shape index (κ1) is 18.9. The molecule has 0 radical (unpaired) electrons. The summed E-state index contributed by atoms with van der Waals surface area (Å²) in [5.41, 5.74) is 1.21. The minimum Gasteiger partial charge on any atom is -0.356 e. The van der Waals surface area contributed by atoms with E-state index in [1.807, 2.05) is 60.7 Å². The van der Waals surface area contributed by atoms with Gasteiger partial charge in [-0.3, -0.25) is 9.69 Å². The lowest BCUT2D eigenvalue weighted by Gasteiger charge is -2.27. The van der Waals surface area contributed by atoms with Gasteiger partial charge >= 0.3 is 6.03 Å². The van der Waals surface area contributed by atoms with Crippen molar-refractivity contribution in [3.63, 3.8) is 0 Å². The van der Waals surface area contributed by atoms with E-state index in [1.165, 1.54) is 4.90 Å². The topological polar surface area (TPSA) is 75.4 Å². The molecular weight excluding hydrogens is 366 g/mol. The second-order valence-electron chi connectivity index (χ2n) is 7.24. The Labute approximate surface area is 169 Å². The molecule has 0 bridgehead atoms. The highest BCUT2D eigenvalue weighted by atomic mass is 16.5. The summed E-state index contributed by atoms with van der Waals surface area (Å²) in [5, 5.41) is 7.01. The van der Waals surface area contributed by atoms with E-state index in [-0.39, 0.29) is 12.5 Å². The van der Waals surface area contributed by atoms with Crippen molar-refractivity contribution in [2.75, 3.05) is 0 Å². The molecule has 1 aliphatic heterocycles. The molecule has 0 spiro atoms. The maximum atomic E-state index is 13.4. The number of unbranched alkanes of at least 4 members (excludes halogenated alkanes) is 1. The number of carbonyl (C=O) groups excluding carboxylic acids is 2. The van der Waals surface area contributed by atoms with Crippen molar-refractivity contribution in [1.82, 2.24) is 15.4 Å². The highest BCUT2D eigenvalue weighted by Crippen LogP contribution is 2.35. The van der Waals surface area contributed by atoms with Crippen LogP contribution in [0.4, 0.5) is 4.79 Å². The Morgan fingerprint density at radius 1 is 1.03 bits per heavy atom. The molecule has 4 rings (SSSR count). The number of urea groups is 1. The average Bonchev–Trinajstić information content (AvgIpc) is 3.33. The number of hydrogen-bond donors (Lipinski definition) is 1. The molecule has 3 amide bonds. The summed E-state index contributed by atoms with van der Waals surface area (Å²) < 4.78 is 5.41. The third kappa shape index (κ3) is 3.53. The van der Waals surface area contributed by atoms with Crippen LogP contribution in [-0.2, 0) is 16.9 Å². The van der Waals surface area contributed by atoms with Crippen molar-refractivity contribution in [2.24, 2.45) is 0 Å². The first-order chi connectivity index (χ1) is 14.1. The molecule has 0 aliphatic carbocycles. The number of rotatable bonds is 7. The van der Waals surface area contributed by atoms with Crippen molar-refractivity contribution in [3.05, 3.63) is 78.0 Å². The van der Waals surface area contributed by atoms with Crippen molar-refractivity contribution in [1.29, 1.82) is 0 Å². The van der Waals surface area contributed by atoms with Crippen molar-refractivity contribution in [2.45, 2.75) is 38.3 Å². The number of hydrogen-bond acceptors (Lipinski definition) is 4. The van der Waals surface area contributed by atoms with E-state index in [1.54, 1.807) is 6.07 Å². The zero-order valence-electron chi connectivity index (χ0n) is 16.3. The molecule has 1 N–H and O–H groups in total. The fraction of sp³-hybridized carbons (Fsp3) is 0.261. The van der Waals surface area contributed by atoms with Gasteiger partial charge in [0, 0.05) is 11.6 Å². The van der Waals surface area contributed by atoms with E-state index >= 15 is 0 Å². The minimum absolute atomic E-state index is 0.0711. The highest BCUT2D eigenvalue weighted by molar-refractivity contribution is 6.07. The Kier molecular flexibility index (Phi) is 5.16. The fourth-order valence-corrected chi connectivity index (χ4v) is 3.73. The maximum absolute atomic E-state index is 13.4. The van der Waals surface area contributed by atoms with Crippen LogP contribution in [0.25, 0.3) is 11.3 Å². The SMILES string of the molecule is CCCCC1(c2ccccc2)NC(=O)N(Cc2cc(-c3ccccc3)on2)C1=O. The van der Waals surface area contributed by atoms with Crippen molar-refractivity contribution in [3.8, 4) is 11.3 Å². The Hall–Kier alpha value is -3.41. The second-order valence-corrected chi connectivity index (χ2v) is 7.24. The maximum Gasteiger partial charge on any atom is 0.325 e. The van der Waals surface area contributed by atoms with Gasteiger partial charge in [-0.15, -0.1) is 0 Å². The molecule has 2 aromatic carbocycles. The normalized spacial score (nSPS) is 18.9. The van der Waals surface area contributed by atoms with Crippen LogP contribution in [0.1, 0.15) is 37.4 Å². The molecule has 0 saturated carbocycles. The summed E-state index contributed by atoms with van der Waals surface area (Å²) in [6.07, 6.45) is 2.32. The lowest BCUT2D eigenvalue weighted by molar-refractivity contribution is -0.132. The van der Waals surface area contributed by atoms with Gasteiger partial charge in [0.1, 0.15) is 11.2 Å². The van der Waals surface area contributed by atoms with Crippen LogP contribution in [0.15, 0.2) is 71.3 Å². The van der Waals surface area contributed by atoms with Gasteiger partial charge in [0.05, 0.1) is 6.54 Å². The molecule has 1 atom stereocenters. The fourth-order valence-electron chi connectivity index (χ4n) is 3.73. The average molecular weight is 389 g/mol. The van der Waals surface area contributed by atoms with Crippen LogP contribution in [0.5, 0.6) is 0 Å². The minimum atomic E-state index is -1.03. The number of imide groups is 1. The molecule has 29 heavy (non-hydrogen) atoms. The van der Waals surface area contributed by atoms with E-state index in [0.29, 0.717) is 17.9 Å². The Morgan fingerprint density at radius 2 is 1.72 bits per heavy atom. The monoisotopic (exact) mass is 389 g/mol. The van der Waals surface area contributed by atoms with E-state index < -0.39 is 11.6 Å². The van der Waals surface area contributed by atoms with Gasteiger partial charge in [-0.1, -0.05) is 85.6 Å². The molecule has 6 nitrogen and oxygen atoms in total. The van der Waals surface area contributed by atoms with E-state index in [4.69, 9.17) is 4.52 Å². The van der Waals surface area contributed by atoms with E-state index in [9.17, 15) is 9.59 Å². The third-order valence-electron chi connectivity index (χ3n) is 5.29. The van der Waals surface area contributed by atoms with Gasteiger partial charge in [-0.05, 0) is 12.0 Å². The van der Waals surface area contributed by atoms with Gasteiger partial charge in [0.15, 0.2) is 5.76 Å². The molecule has 148 valence electrons. The number of benzene rings is 2. The van der Waals surface area contributed by atoms with Crippen molar-refractivity contribution < 1.29 is 14.1 Å². The van der Waals surface area contributed by atoms with Crippen molar-refractivity contribution >= 4 is 11.9 Å². The third-order valence-corrected chi connectivity index (χ3v) is 5.29. The molecular formula is C23H23N3O3. The van der Waals surface area contributed by atoms with Gasteiger partial charge < -0.3 is 9.84 Å². The molecule has 1 fully saturated rings. The van der Waals surface area contributed by atoms with Crippen LogP contribution >= 0.6 is 0 Å². The molecule has 1 aliphatic rings. The number of nitrogens with one attached hydrogen (secondary N) is 1. The molecule has 6 heteroatoms. The molecule has 1 saturated heterocycles. The molecule has 3 aromatic rings.